The lowest BCUT2D eigenvalue weighted by atomic mass is 10.1. The largest absolute Gasteiger partial charge is 0.359 e. The minimum Gasteiger partial charge on any atom is -0.359 e. The van der Waals surface area contributed by atoms with Crippen LogP contribution in [0.2, 0.25) is 10.0 Å². The van der Waals surface area contributed by atoms with Gasteiger partial charge in [-0.25, -0.2) is 0 Å². The molecular weight excluding hydrogens is 461 g/mol. The third-order valence-electron chi connectivity index (χ3n) is 5.50. The number of carbonyl (C=O) groups is 2. The van der Waals surface area contributed by atoms with E-state index in [1.807, 2.05) is 45.0 Å². The number of hydrogen-bond donors (Lipinski definition) is 1. The average Bonchev–Trinajstić information content (AvgIpc) is 3.27. The molecule has 0 aliphatic rings. The van der Waals surface area contributed by atoms with Gasteiger partial charge in [0.2, 0.25) is 0 Å². The van der Waals surface area contributed by atoms with E-state index in [0.29, 0.717) is 22.9 Å². The van der Waals surface area contributed by atoms with Gasteiger partial charge in [0.25, 0.3) is 11.8 Å². The van der Waals surface area contributed by atoms with Crippen LogP contribution in [-0.4, -0.2) is 27.9 Å². The highest BCUT2D eigenvalue weighted by Crippen LogP contribution is 2.25. The number of amides is 2. The summed E-state index contributed by atoms with van der Waals surface area (Å²) in [6.45, 7) is 6.59. The fourth-order valence-corrected chi connectivity index (χ4v) is 4.04. The van der Waals surface area contributed by atoms with Crippen LogP contribution in [-0.2, 0) is 13.1 Å². The summed E-state index contributed by atoms with van der Waals surface area (Å²) in [6.07, 6.45) is 1.51. The molecule has 0 atom stereocenters. The molecule has 0 saturated heterocycles. The van der Waals surface area contributed by atoms with Crippen LogP contribution < -0.4 is 5.32 Å². The lowest BCUT2D eigenvalue weighted by Gasteiger charge is -2.30. The first-order valence-corrected chi connectivity index (χ1v) is 11.6. The first-order chi connectivity index (χ1) is 15.8. The smallest absolute Gasteiger partial charge is 0.273 e. The van der Waals surface area contributed by atoms with Crippen molar-refractivity contribution in [2.45, 2.75) is 52.7 Å². The number of aromatic nitrogens is 1. The molecule has 0 aliphatic carbocycles. The highest BCUT2D eigenvalue weighted by atomic mass is 35.5. The van der Waals surface area contributed by atoms with Crippen molar-refractivity contribution in [3.8, 4) is 0 Å². The first-order valence-electron chi connectivity index (χ1n) is 10.9. The molecule has 1 N–H and O–H groups in total. The Morgan fingerprint density at radius 3 is 2.39 bits per heavy atom. The summed E-state index contributed by atoms with van der Waals surface area (Å²) in [5, 5.41) is 7.48. The number of rotatable bonds is 9. The van der Waals surface area contributed by atoms with Crippen molar-refractivity contribution in [1.82, 2.24) is 15.4 Å². The zero-order chi connectivity index (χ0) is 24.0. The summed E-state index contributed by atoms with van der Waals surface area (Å²) in [6, 6.07) is 14.2. The predicted octanol–water partition coefficient (Wildman–Crippen LogP) is 6.05. The van der Waals surface area contributed by atoms with Gasteiger partial charge in [-0.2, -0.15) is 0 Å². The topological polar surface area (TPSA) is 75.4 Å². The van der Waals surface area contributed by atoms with Crippen molar-refractivity contribution in [3.63, 3.8) is 0 Å². The molecule has 2 aromatic carbocycles. The summed E-state index contributed by atoms with van der Waals surface area (Å²) in [4.78, 5) is 27.5. The molecular formula is C25H27Cl2N3O3. The van der Waals surface area contributed by atoms with Gasteiger partial charge in [0, 0.05) is 23.7 Å². The number of benzene rings is 2. The third kappa shape index (κ3) is 6.36. The van der Waals surface area contributed by atoms with Crippen LogP contribution in [0.3, 0.4) is 0 Å². The Bertz CT molecular complexity index is 1110. The Morgan fingerprint density at radius 1 is 1.06 bits per heavy atom. The van der Waals surface area contributed by atoms with Crippen LogP contribution in [0.25, 0.3) is 0 Å². The van der Waals surface area contributed by atoms with Crippen LogP contribution in [0.5, 0.6) is 0 Å². The quantitative estimate of drug-likeness (QED) is 0.398. The number of nitrogens with one attached hydrogen (secondary N) is 1. The second-order valence-electron chi connectivity index (χ2n) is 7.87. The Morgan fingerprint density at radius 2 is 1.76 bits per heavy atom. The standard InChI is InChI=1S/C25H27Cl2N3O3/c1-4-19(5-2)30(25(32)21-11-10-18(26)12-22(21)27)15-20-13-23(29-33-20)24(31)28-14-17-8-6-16(3)7-9-17/h6-13,19H,4-5,14-15H2,1-3H3,(H,28,31). The fourth-order valence-electron chi connectivity index (χ4n) is 3.56. The van der Waals surface area contributed by atoms with Crippen LogP contribution in [0.4, 0.5) is 0 Å². The van der Waals surface area contributed by atoms with Gasteiger partial charge in [-0.3, -0.25) is 9.59 Å². The Balaban J connectivity index is 1.73. The number of aryl methyl sites for hydroxylation is 1. The lowest BCUT2D eigenvalue weighted by Crippen LogP contribution is -2.39. The van der Waals surface area contributed by atoms with Crippen molar-refractivity contribution in [2.24, 2.45) is 0 Å². The molecule has 0 unspecified atom stereocenters. The summed E-state index contributed by atoms with van der Waals surface area (Å²) in [7, 11) is 0. The number of nitrogens with zero attached hydrogens (tertiary/aromatic N) is 2. The molecule has 0 fully saturated rings. The van der Waals surface area contributed by atoms with Crippen molar-refractivity contribution in [1.29, 1.82) is 0 Å². The van der Waals surface area contributed by atoms with Crippen LogP contribution in [0.1, 0.15) is 64.4 Å². The Hall–Kier alpha value is -2.83. The molecule has 33 heavy (non-hydrogen) atoms. The summed E-state index contributed by atoms with van der Waals surface area (Å²) < 4.78 is 5.40. The van der Waals surface area contributed by atoms with E-state index < -0.39 is 0 Å². The number of hydrogen-bond acceptors (Lipinski definition) is 4. The molecule has 6 nitrogen and oxygen atoms in total. The van der Waals surface area contributed by atoms with Gasteiger partial charge in [-0.15, -0.1) is 0 Å². The van der Waals surface area contributed by atoms with Crippen molar-refractivity contribution >= 4 is 35.0 Å². The normalized spacial score (nSPS) is 11.0. The van der Waals surface area contributed by atoms with E-state index in [0.717, 1.165) is 24.0 Å². The summed E-state index contributed by atoms with van der Waals surface area (Å²) >= 11 is 12.3. The molecule has 174 valence electrons. The first kappa shape index (κ1) is 24.8. The maximum atomic E-state index is 13.3. The molecule has 0 aliphatic heterocycles. The molecule has 0 spiro atoms. The lowest BCUT2D eigenvalue weighted by molar-refractivity contribution is 0.0628. The third-order valence-corrected chi connectivity index (χ3v) is 6.04. The van der Waals surface area contributed by atoms with Gasteiger partial charge >= 0.3 is 0 Å². The minimum atomic E-state index is -0.341. The highest BCUT2D eigenvalue weighted by Gasteiger charge is 2.26. The molecule has 1 aromatic heterocycles. The van der Waals surface area contributed by atoms with Crippen LogP contribution >= 0.6 is 23.2 Å². The Kier molecular flexibility index (Phi) is 8.53. The van der Waals surface area contributed by atoms with Crippen LogP contribution in [0.15, 0.2) is 53.1 Å². The van der Waals surface area contributed by atoms with E-state index in [4.69, 9.17) is 27.7 Å². The molecule has 2 amide bonds. The zero-order valence-corrected chi connectivity index (χ0v) is 20.4. The van der Waals surface area contributed by atoms with Gasteiger partial charge in [0.05, 0.1) is 17.1 Å². The molecule has 3 rings (SSSR count). The van der Waals surface area contributed by atoms with Crippen molar-refractivity contribution in [3.05, 3.63) is 86.7 Å². The second kappa shape index (κ2) is 11.3. The van der Waals surface area contributed by atoms with E-state index in [-0.39, 0.29) is 35.1 Å². The van der Waals surface area contributed by atoms with E-state index in [1.165, 1.54) is 0 Å². The van der Waals surface area contributed by atoms with E-state index >= 15 is 0 Å². The second-order valence-corrected chi connectivity index (χ2v) is 8.72. The van der Waals surface area contributed by atoms with Crippen molar-refractivity contribution in [2.75, 3.05) is 0 Å². The Labute approximate surface area is 203 Å². The van der Waals surface area contributed by atoms with Gasteiger partial charge in [0.1, 0.15) is 0 Å². The van der Waals surface area contributed by atoms with Crippen LogP contribution in [0, 0.1) is 6.92 Å². The summed E-state index contributed by atoms with van der Waals surface area (Å²) in [5.41, 5.74) is 2.67. The molecule has 0 saturated carbocycles. The van der Waals surface area contributed by atoms with Crippen molar-refractivity contribution < 1.29 is 14.1 Å². The predicted molar refractivity (Wildman–Crippen MR) is 130 cm³/mol. The minimum absolute atomic E-state index is 0.0341. The average molecular weight is 488 g/mol. The van der Waals surface area contributed by atoms with Gasteiger partial charge in [0.15, 0.2) is 11.5 Å². The maximum absolute atomic E-state index is 13.3. The molecule has 0 bridgehead atoms. The molecule has 1 heterocycles. The number of halogens is 2. The molecule has 0 radical (unpaired) electrons. The molecule has 8 heteroatoms. The van der Waals surface area contributed by atoms with Gasteiger partial charge < -0.3 is 14.7 Å². The maximum Gasteiger partial charge on any atom is 0.273 e. The molecule has 3 aromatic rings. The van der Waals surface area contributed by atoms with E-state index in [1.54, 1.807) is 29.2 Å². The van der Waals surface area contributed by atoms with E-state index in [2.05, 4.69) is 10.5 Å². The summed E-state index contributed by atoms with van der Waals surface area (Å²) in [5.74, 6) is -0.153. The monoisotopic (exact) mass is 487 g/mol. The van der Waals surface area contributed by atoms with Gasteiger partial charge in [-0.05, 0) is 43.5 Å². The highest BCUT2D eigenvalue weighted by molar-refractivity contribution is 6.36. The fraction of sp³-hybridized carbons (Fsp3) is 0.320. The number of carbonyl (C=O) groups excluding carboxylic acids is 2. The zero-order valence-electron chi connectivity index (χ0n) is 18.9. The SMILES string of the molecule is CCC(CC)N(Cc1cc(C(=O)NCc2ccc(C)cc2)no1)C(=O)c1ccc(Cl)cc1Cl. The van der Waals surface area contributed by atoms with E-state index in [9.17, 15) is 9.59 Å². The van der Waals surface area contributed by atoms with Gasteiger partial charge in [-0.1, -0.05) is 72.0 Å².